The maximum absolute atomic E-state index is 6.00. The molecule has 2 nitrogen and oxygen atoms in total. The Hall–Kier alpha value is -1.20. The number of para-hydroxylation sites is 1. The van der Waals surface area contributed by atoms with Crippen molar-refractivity contribution in [3.8, 4) is 0 Å². The Morgan fingerprint density at radius 2 is 1.95 bits per heavy atom. The molecule has 0 bridgehead atoms. The van der Waals surface area contributed by atoms with E-state index < -0.39 is 0 Å². The first-order valence-electron chi connectivity index (χ1n) is 6.79. The maximum atomic E-state index is 6.00. The molecule has 0 unspecified atom stereocenters. The molecular formula is C17H16ClIN2. The smallest absolute Gasteiger partial charge is 0.0556 e. The zero-order valence-corrected chi connectivity index (χ0v) is 14.9. The highest BCUT2D eigenvalue weighted by molar-refractivity contribution is 14.1. The molecule has 0 amide bonds. The lowest BCUT2D eigenvalue weighted by atomic mass is 10.1. The van der Waals surface area contributed by atoms with Crippen molar-refractivity contribution in [2.45, 2.75) is 13.5 Å². The minimum Gasteiger partial charge on any atom is -0.379 e. The van der Waals surface area contributed by atoms with Crippen LogP contribution in [0.15, 0.2) is 42.5 Å². The Morgan fingerprint density at radius 3 is 2.67 bits per heavy atom. The summed E-state index contributed by atoms with van der Waals surface area (Å²) in [7, 11) is 2.12. The number of halogens is 2. The number of nitrogens with zero attached hydrogens (tertiary/aromatic N) is 1. The van der Waals surface area contributed by atoms with Crippen molar-refractivity contribution in [2.75, 3.05) is 5.32 Å². The normalized spacial score (nSPS) is 11.0. The molecule has 0 spiro atoms. The Morgan fingerprint density at radius 1 is 1.19 bits per heavy atom. The maximum Gasteiger partial charge on any atom is 0.0556 e. The number of fused-ring (bicyclic) bond motifs is 1. The number of rotatable bonds is 3. The van der Waals surface area contributed by atoms with Crippen molar-refractivity contribution in [2.24, 2.45) is 7.05 Å². The largest absolute Gasteiger partial charge is 0.379 e. The molecule has 0 saturated carbocycles. The summed E-state index contributed by atoms with van der Waals surface area (Å²) >= 11 is 8.31. The lowest BCUT2D eigenvalue weighted by molar-refractivity contribution is 0.862. The van der Waals surface area contributed by atoms with Gasteiger partial charge in [0.15, 0.2) is 0 Å². The molecule has 1 heterocycles. The second kappa shape index (κ2) is 5.89. The van der Waals surface area contributed by atoms with E-state index in [1.807, 2.05) is 18.2 Å². The summed E-state index contributed by atoms with van der Waals surface area (Å²) in [6.45, 7) is 2.99. The number of hydrogen-bond acceptors (Lipinski definition) is 1. The van der Waals surface area contributed by atoms with Gasteiger partial charge in [-0.3, -0.25) is 0 Å². The lowest BCUT2D eigenvalue weighted by Crippen LogP contribution is -2.06. The number of nitrogens with one attached hydrogen (secondary N) is 1. The second-order valence-electron chi connectivity index (χ2n) is 5.13. The molecule has 4 heteroatoms. The molecular weight excluding hydrogens is 395 g/mol. The first-order valence-corrected chi connectivity index (χ1v) is 8.25. The fourth-order valence-corrected chi connectivity index (χ4v) is 3.76. The van der Waals surface area contributed by atoms with Gasteiger partial charge >= 0.3 is 0 Å². The van der Waals surface area contributed by atoms with Crippen LogP contribution in [0.4, 0.5) is 5.69 Å². The van der Waals surface area contributed by atoms with Gasteiger partial charge in [-0.05, 0) is 59.3 Å². The van der Waals surface area contributed by atoms with E-state index in [1.54, 1.807) is 0 Å². The average Bonchev–Trinajstić information content (AvgIpc) is 2.71. The minimum atomic E-state index is 0.769. The Bertz CT molecular complexity index is 769. The quantitative estimate of drug-likeness (QED) is 0.575. The van der Waals surface area contributed by atoms with Crippen molar-refractivity contribution in [3.63, 3.8) is 0 Å². The van der Waals surface area contributed by atoms with Crippen molar-refractivity contribution < 1.29 is 0 Å². The number of hydrogen-bond donors (Lipinski definition) is 1. The summed E-state index contributed by atoms with van der Waals surface area (Å²) in [6.07, 6.45) is 0. The van der Waals surface area contributed by atoms with Crippen molar-refractivity contribution >= 4 is 50.8 Å². The third kappa shape index (κ3) is 2.77. The van der Waals surface area contributed by atoms with Gasteiger partial charge in [-0.1, -0.05) is 29.8 Å². The molecule has 0 radical (unpaired) electrons. The summed E-state index contributed by atoms with van der Waals surface area (Å²) in [6, 6.07) is 14.4. The molecule has 0 aliphatic rings. The molecule has 108 valence electrons. The van der Waals surface area contributed by atoms with E-state index >= 15 is 0 Å². The first kappa shape index (κ1) is 14.7. The Labute approximate surface area is 143 Å². The van der Waals surface area contributed by atoms with Gasteiger partial charge < -0.3 is 9.88 Å². The molecule has 21 heavy (non-hydrogen) atoms. The number of aryl methyl sites for hydroxylation is 2. The fraction of sp³-hybridized carbons (Fsp3) is 0.176. The molecule has 3 rings (SSSR count). The third-order valence-electron chi connectivity index (χ3n) is 3.88. The van der Waals surface area contributed by atoms with Gasteiger partial charge in [-0.25, -0.2) is 0 Å². The van der Waals surface area contributed by atoms with Crippen LogP contribution in [0.5, 0.6) is 0 Å². The highest BCUT2D eigenvalue weighted by Gasteiger charge is 2.11. The van der Waals surface area contributed by atoms with Gasteiger partial charge in [-0.15, -0.1) is 0 Å². The van der Waals surface area contributed by atoms with E-state index in [0.29, 0.717) is 0 Å². The molecule has 0 saturated heterocycles. The summed E-state index contributed by atoms with van der Waals surface area (Å²) < 4.78 is 3.40. The number of anilines is 1. The molecule has 3 aromatic rings. The van der Waals surface area contributed by atoms with Crippen LogP contribution in [-0.4, -0.2) is 4.57 Å². The zero-order valence-electron chi connectivity index (χ0n) is 12.0. The van der Waals surface area contributed by atoms with Crippen LogP contribution in [0.1, 0.15) is 11.3 Å². The summed E-state index contributed by atoms with van der Waals surface area (Å²) in [5, 5.41) is 5.60. The number of benzene rings is 2. The summed E-state index contributed by atoms with van der Waals surface area (Å²) in [5.74, 6) is 0. The van der Waals surface area contributed by atoms with E-state index in [9.17, 15) is 0 Å². The van der Waals surface area contributed by atoms with Gasteiger partial charge in [0.05, 0.1) is 6.54 Å². The minimum absolute atomic E-state index is 0.769. The summed E-state index contributed by atoms with van der Waals surface area (Å²) in [4.78, 5) is 0. The molecule has 1 aromatic heterocycles. The summed E-state index contributed by atoms with van der Waals surface area (Å²) in [5.41, 5.74) is 5.04. The first-order chi connectivity index (χ1) is 10.1. The SMILES string of the molecule is Cc1c(CNc2ccc(Cl)cc2I)n(C)c2ccccc12. The topological polar surface area (TPSA) is 17.0 Å². The van der Waals surface area contributed by atoms with Crippen LogP contribution in [0, 0.1) is 10.5 Å². The Kier molecular flexibility index (Phi) is 4.13. The van der Waals surface area contributed by atoms with Crippen LogP contribution < -0.4 is 5.32 Å². The van der Waals surface area contributed by atoms with Gasteiger partial charge in [-0.2, -0.15) is 0 Å². The average molecular weight is 411 g/mol. The van der Waals surface area contributed by atoms with Crippen LogP contribution >= 0.6 is 34.2 Å². The molecule has 0 aliphatic heterocycles. The highest BCUT2D eigenvalue weighted by atomic mass is 127. The third-order valence-corrected chi connectivity index (χ3v) is 5.01. The van der Waals surface area contributed by atoms with E-state index in [4.69, 9.17) is 11.6 Å². The predicted molar refractivity (Wildman–Crippen MR) is 99.2 cm³/mol. The van der Waals surface area contributed by atoms with Crippen molar-refractivity contribution in [3.05, 3.63) is 62.3 Å². The van der Waals surface area contributed by atoms with Gasteiger partial charge in [0.25, 0.3) is 0 Å². The van der Waals surface area contributed by atoms with Crippen molar-refractivity contribution in [1.29, 1.82) is 0 Å². The number of aromatic nitrogens is 1. The van der Waals surface area contributed by atoms with E-state index in [1.165, 1.54) is 22.2 Å². The van der Waals surface area contributed by atoms with Gasteiger partial charge in [0.1, 0.15) is 0 Å². The van der Waals surface area contributed by atoms with E-state index in [-0.39, 0.29) is 0 Å². The molecule has 0 aliphatic carbocycles. The monoisotopic (exact) mass is 410 g/mol. The van der Waals surface area contributed by atoms with Crippen LogP contribution in [-0.2, 0) is 13.6 Å². The van der Waals surface area contributed by atoms with Gasteiger partial charge in [0.2, 0.25) is 0 Å². The molecule has 0 fully saturated rings. The Balaban J connectivity index is 1.92. The fourth-order valence-electron chi connectivity index (χ4n) is 2.70. The van der Waals surface area contributed by atoms with Gasteiger partial charge in [0, 0.05) is 37.9 Å². The zero-order chi connectivity index (χ0) is 15.0. The predicted octanol–water partition coefficient (Wildman–Crippen LogP) is 5.36. The highest BCUT2D eigenvalue weighted by Crippen LogP contribution is 2.27. The molecule has 1 N–H and O–H groups in total. The molecule has 0 atom stereocenters. The van der Waals surface area contributed by atoms with E-state index in [2.05, 4.69) is 70.7 Å². The van der Waals surface area contributed by atoms with Crippen molar-refractivity contribution in [1.82, 2.24) is 4.57 Å². The molecule has 2 aromatic carbocycles. The van der Waals surface area contributed by atoms with E-state index in [0.717, 1.165) is 20.8 Å². The van der Waals surface area contributed by atoms with Crippen LogP contribution in [0.25, 0.3) is 10.9 Å². The van der Waals surface area contributed by atoms with Crippen LogP contribution in [0.2, 0.25) is 5.02 Å². The lowest BCUT2D eigenvalue weighted by Gasteiger charge is -2.11. The van der Waals surface area contributed by atoms with Crippen LogP contribution in [0.3, 0.4) is 0 Å². The standard InChI is InChI=1S/C17H16ClIN2/c1-11-13-5-3-4-6-16(13)21(2)17(11)10-20-15-8-7-12(18)9-14(15)19/h3-9,20H,10H2,1-2H3. The second-order valence-corrected chi connectivity index (χ2v) is 6.72.